The molecule has 6 heteroatoms. The fourth-order valence-corrected chi connectivity index (χ4v) is 3.50. The van der Waals surface area contributed by atoms with E-state index >= 15 is 0 Å². The van der Waals surface area contributed by atoms with E-state index < -0.39 is 0 Å². The zero-order chi connectivity index (χ0) is 21.6. The normalized spacial score (nSPS) is 10.8. The molecular weight excluding hydrogens is 386 g/mol. The summed E-state index contributed by atoms with van der Waals surface area (Å²) in [7, 11) is 0. The fraction of sp³-hybridized carbons (Fsp3) is 0.160. The molecule has 6 nitrogen and oxygen atoms in total. The topological polar surface area (TPSA) is 92.9 Å². The highest BCUT2D eigenvalue weighted by molar-refractivity contribution is 5.92. The first-order valence-electron chi connectivity index (χ1n) is 10.3. The molecule has 2 heterocycles. The van der Waals surface area contributed by atoms with Crippen LogP contribution in [0.25, 0.3) is 33.3 Å². The Morgan fingerprint density at radius 3 is 2.55 bits per heavy atom. The van der Waals surface area contributed by atoms with Crippen LogP contribution in [0.5, 0.6) is 0 Å². The number of hydrogen-bond acceptors (Lipinski definition) is 5. The minimum atomic E-state index is -0.0894. The van der Waals surface area contributed by atoms with E-state index in [1.165, 1.54) is 6.92 Å². The molecule has 0 atom stereocenters. The smallest absolute Gasteiger partial charge is 0.221 e. The summed E-state index contributed by atoms with van der Waals surface area (Å²) in [6, 6.07) is 22.0. The number of nitrogens with one attached hydrogen (secondary N) is 2. The van der Waals surface area contributed by atoms with Gasteiger partial charge in [0.15, 0.2) is 0 Å². The van der Waals surface area contributed by atoms with Crippen LogP contribution in [0, 0.1) is 0 Å². The molecule has 0 saturated carbocycles. The zero-order valence-corrected chi connectivity index (χ0v) is 17.4. The van der Waals surface area contributed by atoms with Gasteiger partial charge in [-0.2, -0.15) is 0 Å². The van der Waals surface area contributed by atoms with Gasteiger partial charge in [0.25, 0.3) is 0 Å². The number of aromatic nitrogens is 2. The van der Waals surface area contributed by atoms with E-state index in [9.17, 15) is 4.79 Å². The number of amides is 1. The Bertz CT molecular complexity index is 1220. The summed E-state index contributed by atoms with van der Waals surface area (Å²) in [6.07, 6.45) is 2.66. The van der Waals surface area contributed by atoms with E-state index in [0.29, 0.717) is 6.54 Å². The maximum atomic E-state index is 11.4. The SMILES string of the molecule is CC(=O)Nc1cccc(-c2cccc(-c3cc4ncccc4c(NCCCN)n3)c2)c1. The van der Waals surface area contributed by atoms with E-state index in [-0.39, 0.29) is 5.91 Å². The van der Waals surface area contributed by atoms with Crippen LogP contribution in [-0.4, -0.2) is 29.0 Å². The molecule has 0 spiro atoms. The summed E-state index contributed by atoms with van der Waals surface area (Å²) >= 11 is 0. The molecule has 4 rings (SSSR count). The van der Waals surface area contributed by atoms with Crippen molar-refractivity contribution in [1.82, 2.24) is 9.97 Å². The van der Waals surface area contributed by atoms with Crippen LogP contribution in [0.3, 0.4) is 0 Å². The Hall–Kier alpha value is -3.77. The van der Waals surface area contributed by atoms with Crippen LogP contribution < -0.4 is 16.4 Å². The van der Waals surface area contributed by atoms with Crippen molar-refractivity contribution in [3.05, 3.63) is 72.9 Å². The van der Waals surface area contributed by atoms with Crippen LogP contribution in [0.4, 0.5) is 11.5 Å². The molecule has 4 N–H and O–H groups in total. The minimum absolute atomic E-state index is 0.0894. The number of rotatable bonds is 7. The maximum Gasteiger partial charge on any atom is 0.221 e. The molecule has 0 saturated heterocycles. The molecule has 2 aromatic carbocycles. The summed E-state index contributed by atoms with van der Waals surface area (Å²) in [5.74, 6) is 0.723. The molecule has 4 aromatic rings. The van der Waals surface area contributed by atoms with Crippen LogP contribution in [0.2, 0.25) is 0 Å². The Labute approximate surface area is 181 Å². The van der Waals surface area contributed by atoms with Crippen LogP contribution in [0.1, 0.15) is 13.3 Å². The van der Waals surface area contributed by atoms with Gasteiger partial charge in [0.2, 0.25) is 5.91 Å². The van der Waals surface area contributed by atoms with Crippen LogP contribution in [-0.2, 0) is 4.79 Å². The second-order valence-corrected chi connectivity index (χ2v) is 7.34. The average molecular weight is 412 g/mol. The van der Waals surface area contributed by atoms with Gasteiger partial charge >= 0.3 is 0 Å². The van der Waals surface area contributed by atoms with Crippen molar-refractivity contribution >= 4 is 28.3 Å². The first-order valence-corrected chi connectivity index (χ1v) is 10.3. The van der Waals surface area contributed by atoms with Crippen molar-refractivity contribution < 1.29 is 4.79 Å². The molecule has 31 heavy (non-hydrogen) atoms. The Kier molecular flexibility index (Phi) is 6.19. The molecule has 0 radical (unpaired) electrons. The standard InChI is InChI=1S/C25H25N5O/c1-17(31)29-21-9-3-7-19(15-21)18-6-2-8-20(14-18)23-16-24-22(10-4-12-27-24)25(30-23)28-13-5-11-26/h2-4,6-10,12,14-16H,5,11,13,26H2,1H3,(H,28,30)(H,29,31). The quantitative estimate of drug-likeness (QED) is 0.384. The third-order valence-corrected chi connectivity index (χ3v) is 4.95. The number of anilines is 2. The first-order chi connectivity index (χ1) is 15.1. The number of hydrogen-bond donors (Lipinski definition) is 3. The van der Waals surface area contributed by atoms with Gasteiger partial charge < -0.3 is 16.4 Å². The van der Waals surface area contributed by atoms with Crippen molar-refractivity contribution in [2.24, 2.45) is 5.73 Å². The Morgan fingerprint density at radius 1 is 0.968 bits per heavy atom. The molecule has 2 aromatic heterocycles. The largest absolute Gasteiger partial charge is 0.369 e. The van der Waals surface area contributed by atoms with E-state index in [1.54, 1.807) is 6.20 Å². The molecule has 0 aliphatic carbocycles. The molecule has 156 valence electrons. The van der Waals surface area contributed by atoms with Gasteiger partial charge in [0.1, 0.15) is 5.82 Å². The van der Waals surface area contributed by atoms with E-state index in [0.717, 1.165) is 57.8 Å². The van der Waals surface area contributed by atoms with Gasteiger partial charge in [0, 0.05) is 36.3 Å². The summed E-state index contributed by atoms with van der Waals surface area (Å²) in [6.45, 7) is 2.89. The molecule has 0 unspecified atom stereocenters. The number of pyridine rings is 2. The lowest BCUT2D eigenvalue weighted by molar-refractivity contribution is -0.114. The molecule has 0 aliphatic heterocycles. The van der Waals surface area contributed by atoms with Gasteiger partial charge in [-0.05, 0) is 60.5 Å². The van der Waals surface area contributed by atoms with E-state index in [4.69, 9.17) is 10.7 Å². The van der Waals surface area contributed by atoms with Crippen molar-refractivity contribution in [2.45, 2.75) is 13.3 Å². The highest BCUT2D eigenvalue weighted by Gasteiger charge is 2.10. The Morgan fingerprint density at radius 2 is 1.74 bits per heavy atom. The highest BCUT2D eigenvalue weighted by Crippen LogP contribution is 2.30. The highest BCUT2D eigenvalue weighted by atomic mass is 16.1. The summed E-state index contributed by atoms with van der Waals surface area (Å²) in [5.41, 5.74) is 11.2. The number of benzene rings is 2. The molecular formula is C25H25N5O. The second kappa shape index (κ2) is 9.36. The third kappa shape index (κ3) is 4.87. The van der Waals surface area contributed by atoms with Crippen LogP contribution >= 0.6 is 0 Å². The van der Waals surface area contributed by atoms with Gasteiger partial charge in [-0.15, -0.1) is 0 Å². The lowest BCUT2D eigenvalue weighted by atomic mass is 10.0. The summed E-state index contributed by atoms with van der Waals surface area (Å²) in [5, 5.41) is 7.22. The number of carbonyl (C=O) groups is 1. The van der Waals surface area contributed by atoms with Gasteiger partial charge in [-0.1, -0.05) is 30.3 Å². The van der Waals surface area contributed by atoms with E-state index in [1.807, 2.05) is 54.6 Å². The lowest BCUT2D eigenvalue weighted by Crippen LogP contribution is -2.10. The lowest BCUT2D eigenvalue weighted by Gasteiger charge is -2.12. The van der Waals surface area contributed by atoms with Gasteiger partial charge in [-0.25, -0.2) is 4.98 Å². The van der Waals surface area contributed by atoms with Crippen molar-refractivity contribution in [3.8, 4) is 22.4 Å². The number of nitrogens with zero attached hydrogens (tertiary/aromatic N) is 2. The van der Waals surface area contributed by atoms with Gasteiger partial charge in [0.05, 0.1) is 11.2 Å². The van der Waals surface area contributed by atoms with Gasteiger partial charge in [-0.3, -0.25) is 9.78 Å². The average Bonchev–Trinajstić information content (AvgIpc) is 2.79. The predicted molar refractivity (Wildman–Crippen MR) is 127 cm³/mol. The number of fused-ring (bicyclic) bond motifs is 1. The number of nitrogens with two attached hydrogens (primary N) is 1. The fourth-order valence-electron chi connectivity index (χ4n) is 3.50. The minimum Gasteiger partial charge on any atom is -0.369 e. The monoisotopic (exact) mass is 411 g/mol. The summed E-state index contributed by atoms with van der Waals surface area (Å²) in [4.78, 5) is 20.8. The number of carbonyl (C=O) groups excluding carboxylic acids is 1. The van der Waals surface area contributed by atoms with Crippen molar-refractivity contribution in [1.29, 1.82) is 0 Å². The van der Waals surface area contributed by atoms with Crippen LogP contribution in [0.15, 0.2) is 72.9 Å². The zero-order valence-electron chi connectivity index (χ0n) is 17.4. The predicted octanol–water partition coefficient (Wildman–Crippen LogP) is 4.68. The second-order valence-electron chi connectivity index (χ2n) is 7.34. The van der Waals surface area contributed by atoms with E-state index in [2.05, 4.69) is 27.8 Å². The molecule has 0 fully saturated rings. The molecule has 1 amide bonds. The Balaban J connectivity index is 1.73. The molecule has 0 bridgehead atoms. The summed E-state index contributed by atoms with van der Waals surface area (Å²) < 4.78 is 0. The van der Waals surface area contributed by atoms with Crippen molar-refractivity contribution in [3.63, 3.8) is 0 Å². The molecule has 0 aliphatic rings. The maximum absolute atomic E-state index is 11.4. The third-order valence-electron chi connectivity index (χ3n) is 4.95. The first kappa shape index (κ1) is 20.5. The van der Waals surface area contributed by atoms with Crippen molar-refractivity contribution in [2.75, 3.05) is 23.7 Å².